The number of methoxy groups -OCH3 is 2. The number of fused-ring (bicyclic) bond motifs is 1. The minimum atomic E-state index is -4.63. The molecule has 35 heavy (non-hydrogen) atoms. The number of ether oxygens (including phenoxy) is 2. The van der Waals surface area contributed by atoms with Crippen molar-refractivity contribution in [2.24, 2.45) is 0 Å². The quantitative estimate of drug-likeness (QED) is 0.541. The Labute approximate surface area is 207 Å². The molecule has 2 aromatic rings. The third-order valence-corrected chi connectivity index (χ3v) is 7.59. The van der Waals surface area contributed by atoms with Crippen LogP contribution in [0.3, 0.4) is 0 Å². The highest BCUT2D eigenvalue weighted by Gasteiger charge is 2.50. The van der Waals surface area contributed by atoms with Gasteiger partial charge in [0.15, 0.2) is 11.5 Å². The van der Waals surface area contributed by atoms with Crippen molar-refractivity contribution in [3.8, 4) is 11.5 Å². The third kappa shape index (κ3) is 5.02. The van der Waals surface area contributed by atoms with Crippen LogP contribution in [0.5, 0.6) is 11.5 Å². The molecule has 6 nitrogen and oxygen atoms in total. The highest BCUT2D eigenvalue weighted by atomic mass is 35.5. The third-order valence-electron chi connectivity index (χ3n) is 7.36. The lowest BCUT2D eigenvalue weighted by Gasteiger charge is -2.45. The minimum absolute atomic E-state index is 0.0497. The van der Waals surface area contributed by atoms with E-state index >= 15 is 0 Å². The van der Waals surface area contributed by atoms with Crippen LogP contribution in [0.15, 0.2) is 36.4 Å². The van der Waals surface area contributed by atoms with Crippen molar-refractivity contribution in [1.82, 2.24) is 10.2 Å². The van der Waals surface area contributed by atoms with Crippen molar-refractivity contribution in [3.63, 3.8) is 0 Å². The molecule has 1 saturated heterocycles. The number of carbonyl (C=O) groups is 1. The van der Waals surface area contributed by atoms with Gasteiger partial charge in [-0.2, -0.15) is 13.2 Å². The van der Waals surface area contributed by atoms with Gasteiger partial charge < -0.3 is 25.0 Å². The topological polar surface area (TPSA) is 62.8 Å². The van der Waals surface area contributed by atoms with E-state index in [1.807, 2.05) is 12.1 Å². The zero-order chi connectivity index (χ0) is 25.4. The van der Waals surface area contributed by atoms with E-state index in [2.05, 4.69) is 28.6 Å². The number of nitrogens with zero attached hydrogens (tertiary/aromatic N) is 1. The van der Waals surface area contributed by atoms with E-state index in [0.29, 0.717) is 24.3 Å². The Kier molecular flexibility index (Phi) is 7.11. The average molecular weight is 512 g/mol. The second-order valence-electron chi connectivity index (χ2n) is 9.23. The summed E-state index contributed by atoms with van der Waals surface area (Å²) >= 11 is 5.73. The molecule has 190 valence electrons. The second-order valence-corrected chi connectivity index (χ2v) is 9.67. The van der Waals surface area contributed by atoms with Crippen LogP contribution in [0.2, 0.25) is 5.02 Å². The number of anilines is 1. The first-order chi connectivity index (χ1) is 16.6. The predicted molar refractivity (Wildman–Crippen MR) is 129 cm³/mol. The number of hydrogen-bond acceptors (Lipinski definition) is 4. The molecule has 10 heteroatoms. The Balaban J connectivity index is 1.49. The molecule has 0 aromatic heterocycles. The summed E-state index contributed by atoms with van der Waals surface area (Å²) in [6, 6.07) is 8.65. The van der Waals surface area contributed by atoms with Crippen molar-refractivity contribution in [2.75, 3.05) is 33.1 Å². The van der Waals surface area contributed by atoms with E-state index in [1.165, 1.54) is 17.7 Å². The molecule has 0 bridgehead atoms. The molecule has 1 heterocycles. The fourth-order valence-corrected chi connectivity index (χ4v) is 5.77. The minimum Gasteiger partial charge on any atom is -0.493 e. The maximum Gasteiger partial charge on any atom is 0.418 e. The number of hydrogen-bond donors (Lipinski definition) is 2. The van der Waals surface area contributed by atoms with Gasteiger partial charge in [0, 0.05) is 22.5 Å². The fraction of sp³-hybridized carbons (Fsp3) is 0.480. The number of rotatable bonds is 5. The summed E-state index contributed by atoms with van der Waals surface area (Å²) in [6.45, 7) is 0.914. The summed E-state index contributed by atoms with van der Waals surface area (Å²) in [7, 11) is 5.28. The van der Waals surface area contributed by atoms with Crippen LogP contribution >= 0.6 is 11.6 Å². The Morgan fingerprint density at radius 2 is 1.86 bits per heavy atom. The molecule has 2 fully saturated rings. The van der Waals surface area contributed by atoms with E-state index in [-0.39, 0.29) is 28.2 Å². The number of carbonyl (C=O) groups excluding carboxylic acids is 1. The van der Waals surface area contributed by atoms with Crippen molar-refractivity contribution in [1.29, 1.82) is 0 Å². The number of nitrogens with one attached hydrogen (secondary N) is 2. The summed E-state index contributed by atoms with van der Waals surface area (Å²) in [6.07, 6.45) is -1.44. The molecule has 0 spiro atoms. The molecule has 0 unspecified atom stereocenters. The van der Waals surface area contributed by atoms with Gasteiger partial charge in [-0.25, -0.2) is 4.79 Å². The first-order valence-corrected chi connectivity index (χ1v) is 11.8. The molecule has 2 aliphatic rings. The Morgan fingerprint density at radius 1 is 1.11 bits per heavy atom. The normalized spacial score (nSPS) is 24.5. The molecule has 2 aromatic carbocycles. The van der Waals surface area contributed by atoms with Crippen LogP contribution in [-0.4, -0.2) is 50.8 Å². The van der Waals surface area contributed by atoms with Crippen molar-refractivity contribution in [3.05, 3.63) is 52.5 Å². The van der Waals surface area contributed by atoms with Crippen LogP contribution in [0.1, 0.15) is 36.8 Å². The van der Waals surface area contributed by atoms with Crippen molar-refractivity contribution in [2.45, 2.75) is 49.4 Å². The van der Waals surface area contributed by atoms with Crippen LogP contribution in [0.25, 0.3) is 0 Å². The van der Waals surface area contributed by atoms with E-state index < -0.39 is 17.8 Å². The predicted octanol–water partition coefficient (Wildman–Crippen LogP) is 5.69. The second kappa shape index (κ2) is 9.78. The molecule has 1 aliphatic carbocycles. The van der Waals surface area contributed by atoms with Crippen molar-refractivity contribution >= 4 is 23.3 Å². The highest BCUT2D eigenvalue weighted by Crippen LogP contribution is 2.50. The van der Waals surface area contributed by atoms with Crippen LogP contribution in [-0.2, 0) is 11.6 Å². The largest absolute Gasteiger partial charge is 0.493 e. The number of benzene rings is 2. The van der Waals surface area contributed by atoms with Crippen molar-refractivity contribution < 1.29 is 27.4 Å². The standard InChI is InChI=1S/C25H29ClF3N3O3/c1-32-11-10-24(15-4-7-20(34-2)21(12-15)35-3)9-8-17(14-22(24)32)30-23(33)31-19-6-5-16(26)13-18(19)25(27,28)29/h4-7,12-13,17,22H,8-11,14H2,1-3H3,(H2,30,31,33)/t17-,22+,24+/m1/s1. The van der Waals surface area contributed by atoms with Crippen LogP contribution < -0.4 is 20.1 Å². The molecule has 3 atom stereocenters. The first-order valence-electron chi connectivity index (χ1n) is 11.4. The Hall–Kier alpha value is -2.65. The highest BCUT2D eigenvalue weighted by molar-refractivity contribution is 6.30. The Bertz CT molecular complexity index is 1100. The number of urea groups is 1. The molecule has 0 radical (unpaired) electrons. The molecular formula is C25H29ClF3N3O3. The summed E-state index contributed by atoms with van der Waals surface area (Å²) in [5, 5.41) is 5.19. The van der Waals surface area contributed by atoms with Gasteiger partial charge in [-0.05, 0) is 75.2 Å². The monoisotopic (exact) mass is 511 g/mol. The number of likely N-dealkylation sites (N-methyl/N-ethyl adjacent to an activating group) is 1. The molecule has 1 saturated carbocycles. The summed E-state index contributed by atoms with van der Waals surface area (Å²) in [4.78, 5) is 15.0. The Morgan fingerprint density at radius 3 is 2.54 bits per heavy atom. The first kappa shape index (κ1) is 25.4. The summed E-state index contributed by atoms with van der Waals surface area (Å²) in [5.41, 5.74) is -0.231. The van der Waals surface area contributed by atoms with Gasteiger partial charge in [-0.3, -0.25) is 0 Å². The molecule has 1 aliphatic heterocycles. The average Bonchev–Trinajstić information content (AvgIpc) is 3.16. The van der Waals surface area contributed by atoms with Gasteiger partial charge in [-0.1, -0.05) is 17.7 Å². The maximum atomic E-state index is 13.4. The zero-order valence-electron chi connectivity index (χ0n) is 19.8. The van der Waals surface area contributed by atoms with E-state index in [0.717, 1.165) is 25.5 Å². The van der Waals surface area contributed by atoms with E-state index in [1.54, 1.807) is 14.2 Å². The van der Waals surface area contributed by atoms with E-state index in [4.69, 9.17) is 21.1 Å². The lowest BCUT2D eigenvalue weighted by atomic mass is 9.65. The summed E-state index contributed by atoms with van der Waals surface area (Å²) < 4.78 is 51.0. The lowest BCUT2D eigenvalue weighted by molar-refractivity contribution is -0.136. The number of alkyl halides is 3. The van der Waals surface area contributed by atoms with Gasteiger partial charge in [0.2, 0.25) is 0 Å². The molecule has 2 N–H and O–H groups in total. The van der Waals surface area contributed by atoms with E-state index in [9.17, 15) is 18.0 Å². The number of halogens is 4. The van der Waals surface area contributed by atoms with Gasteiger partial charge in [0.1, 0.15) is 0 Å². The van der Waals surface area contributed by atoms with Gasteiger partial charge >= 0.3 is 12.2 Å². The lowest BCUT2D eigenvalue weighted by Crippen LogP contribution is -2.52. The SMILES string of the molecule is COc1ccc([C@@]23CC[C@@H](NC(=O)Nc4ccc(Cl)cc4C(F)(F)F)C[C@@H]2N(C)CC3)cc1OC. The van der Waals surface area contributed by atoms with Gasteiger partial charge in [-0.15, -0.1) is 0 Å². The number of amides is 2. The molecular weight excluding hydrogens is 483 g/mol. The van der Waals surface area contributed by atoms with Gasteiger partial charge in [0.25, 0.3) is 0 Å². The zero-order valence-corrected chi connectivity index (χ0v) is 20.6. The van der Waals surface area contributed by atoms with Crippen LogP contribution in [0, 0.1) is 0 Å². The fourth-order valence-electron chi connectivity index (χ4n) is 5.60. The number of likely N-dealkylation sites (tertiary alicyclic amines) is 1. The molecule has 4 rings (SSSR count). The maximum absolute atomic E-state index is 13.4. The van der Waals surface area contributed by atoms with Crippen LogP contribution in [0.4, 0.5) is 23.7 Å². The smallest absolute Gasteiger partial charge is 0.418 e. The van der Waals surface area contributed by atoms with Gasteiger partial charge in [0.05, 0.1) is 25.5 Å². The molecule has 2 amide bonds. The summed E-state index contributed by atoms with van der Waals surface area (Å²) in [5.74, 6) is 1.35.